The largest absolute Gasteiger partial charge is 0.368 e. The Labute approximate surface area is 112 Å². The molecule has 2 N–H and O–H groups in total. The lowest BCUT2D eigenvalue weighted by molar-refractivity contribution is -0.105. The van der Waals surface area contributed by atoms with Gasteiger partial charge in [0.15, 0.2) is 0 Å². The van der Waals surface area contributed by atoms with Gasteiger partial charge in [-0.05, 0) is 53.4 Å². The van der Waals surface area contributed by atoms with Gasteiger partial charge in [0.05, 0.1) is 16.7 Å². The van der Waals surface area contributed by atoms with Crippen LogP contribution in [0, 0.1) is 5.92 Å². The molecule has 2 aliphatic heterocycles. The minimum atomic E-state index is -0.177. The quantitative estimate of drug-likeness (QED) is 0.822. The molecular weight excluding hydrogens is 224 g/mol. The first-order valence-corrected chi connectivity index (χ1v) is 7.30. The Balaban J connectivity index is 2.36. The van der Waals surface area contributed by atoms with Crippen LogP contribution in [0.2, 0.25) is 0 Å². The highest BCUT2D eigenvalue weighted by molar-refractivity contribution is 5.15. The van der Waals surface area contributed by atoms with Crippen LogP contribution >= 0.6 is 0 Å². The minimum Gasteiger partial charge on any atom is -0.368 e. The molecule has 2 rings (SSSR count). The summed E-state index contributed by atoms with van der Waals surface area (Å²) in [7, 11) is 0. The van der Waals surface area contributed by atoms with Gasteiger partial charge in [0.1, 0.15) is 0 Å². The average molecular weight is 254 g/mol. The van der Waals surface area contributed by atoms with Crippen molar-refractivity contribution in [3.63, 3.8) is 0 Å². The van der Waals surface area contributed by atoms with E-state index in [-0.39, 0.29) is 16.7 Å². The van der Waals surface area contributed by atoms with Crippen LogP contribution in [0.3, 0.4) is 0 Å². The van der Waals surface area contributed by atoms with E-state index in [1.165, 1.54) is 6.42 Å². The molecule has 0 amide bonds. The molecule has 3 unspecified atom stereocenters. The van der Waals surface area contributed by atoms with Crippen molar-refractivity contribution < 1.29 is 4.74 Å². The van der Waals surface area contributed by atoms with Gasteiger partial charge in [0, 0.05) is 19.1 Å². The minimum absolute atomic E-state index is 0.0132. The van der Waals surface area contributed by atoms with Crippen molar-refractivity contribution in [3.8, 4) is 0 Å². The van der Waals surface area contributed by atoms with Crippen LogP contribution in [0.15, 0.2) is 0 Å². The maximum absolute atomic E-state index is 6.32. The number of hydrogen-bond acceptors (Lipinski definition) is 3. The second kappa shape index (κ2) is 4.19. The molecule has 0 spiro atoms. The van der Waals surface area contributed by atoms with E-state index in [0.717, 1.165) is 18.9 Å². The van der Waals surface area contributed by atoms with E-state index in [1.807, 2.05) is 0 Å². The second-order valence-corrected chi connectivity index (χ2v) is 7.63. The van der Waals surface area contributed by atoms with Crippen LogP contribution in [0.4, 0.5) is 0 Å². The molecule has 0 aromatic heterocycles. The zero-order chi connectivity index (χ0) is 13.8. The molecule has 0 bridgehead atoms. The number of nitrogens with two attached hydrogens (primary N) is 1. The van der Waals surface area contributed by atoms with Crippen LogP contribution in [0.5, 0.6) is 0 Å². The van der Waals surface area contributed by atoms with Gasteiger partial charge in [-0.3, -0.25) is 4.90 Å². The fourth-order valence-electron chi connectivity index (χ4n) is 4.52. The summed E-state index contributed by atoms with van der Waals surface area (Å²) in [6.45, 7) is 15.3. The Hall–Kier alpha value is -0.120. The Morgan fingerprint density at radius 3 is 2.17 bits per heavy atom. The Morgan fingerprint density at radius 1 is 1.22 bits per heavy atom. The highest BCUT2D eigenvalue weighted by Gasteiger charge is 2.60. The molecule has 2 heterocycles. The lowest BCUT2D eigenvalue weighted by Gasteiger charge is -2.48. The maximum atomic E-state index is 6.32. The molecule has 0 radical (unpaired) electrons. The van der Waals surface area contributed by atoms with Crippen molar-refractivity contribution >= 4 is 0 Å². The monoisotopic (exact) mass is 254 g/mol. The molecule has 18 heavy (non-hydrogen) atoms. The van der Waals surface area contributed by atoms with Crippen molar-refractivity contribution in [2.45, 2.75) is 77.2 Å². The molecular formula is C15H30N2O. The molecule has 2 saturated heterocycles. The van der Waals surface area contributed by atoms with E-state index >= 15 is 0 Å². The SMILES string of the molecule is CC1CC(C)N(C2(CN)CC(C)(C)OC2(C)C)C1. The van der Waals surface area contributed by atoms with Gasteiger partial charge < -0.3 is 10.5 Å². The summed E-state index contributed by atoms with van der Waals surface area (Å²) in [5.41, 5.74) is 5.97. The van der Waals surface area contributed by atoms with E-state index in [9.17, 15) is 0 Å². The summed E-state index contributed by atoms with van der Waals surface area (Å²) in [6.07, 6.45) is 2.30. The summed E-state index contributed by atoms with van der Waals surface area (Å²) in [4.78, 5) is 2.63. The molecule has 2 aliphatic rings. The smallest absolute Gasteiger partial charge is 0.0830 e. The highest BCUT2D eigenvalue weighted by Crippen LogP contribution is 2.50. The van der Waals surface area contributed by atoms with E-state index in [1.54, 1.807) is 0 Å². The maximum Gasteiger partial charge on any atom is 0.0830 e. The summed E-state index contributed by atoms with van der Waals surface area (Å²) in [6, 6.07) is 0.611. The van der Waals surface area contributed by atoms with Gasteiger partial charge in [-0.15, -0.1) is 0 Å². The van der Waals surface area contributed by atoms with Crippen molar-refractivity contribution in [2.75, 3.05) is 13.1 Å². The first kappa shape index (κ1) is 14.3. The van der Waals surface area contributed by atoms with E-state index in [0.29, 0.717) is 12.6 Å². The van der Waals surface area contributed by atoms with Crippen LogP contribution in [0.1, 0.15) is 54.4 Å². The van der Waals surface area contributed by atoms with Gasteiger partial charge in [-0.2, -0.15) is 0 Å². The number of hydrogen-bond donors (Lipinski definition) is 1. The zero-order valence-electron chi connectivity index (χ0n) is 12.9. The zero-order valence-corrected chi connectivity index (χ0v) is 12.9. The van der Waals surface area contributed by atoms with E-state index in [4.69, 9.17) is 10.5 Å². The van der Waals surface area contributed by atoms with Gasteiger partial charge in [-0.25, -0.2) is 0 Å². The third kappa shape index (κ3) is 2.00. The molecule has 3 heteroatoms. The first-order chi connectivity index (χ1) is 8.13. The fourth-order valence-corrected chi connectivity index (χ4v) is 4.52. The van der Waals surface area contributed by atoms with Crippen LogP contribution in [0.25, 0.3) is 0 Å². The Bertz CT molecular complexity index is 326. The average Bonchev–Trinajstić information content (AvgIpc) is 2.60. The molecule has 3 atom stereocenters. The van der Waals surface area contributed by atoms with E-state index in [2.05, 4.69) is 46.4 Å². The second-order valence-electron chi connectivity index (χ2n) is 7.63. The standard InChI is InChI=1S/C15H30N2O/c1-11-7-12(2)17(8-11)15(10-16)9-13(3,4)18-14(15,5)6/h11-12H,7-10,16H2,1-6H3. The molecule has 0 aromatic carbocycles. The van der Waals surface area contributed by atoms with Crippen molar-refractivity contribution in [2.24, 2.45) is 11.7 Å². The van der Waals surface area contributed by atoms with Gasteiger partial charge >= 0.3 is 0 Å². The van der Waals surface area contributed by atoms with Gasteiger partial charge in [-0.1, -0.05) is 6.92 Å². The van der Waals surface area contributed by atoms with Crippen molar-refractivity contribution in [3.05, 3.63) is 0 Å². The summed E-state index contributed by atoms with van der Waals surface area (Å²) in [5, 5.41) is 0. The van der Waals surface area contributed by atoms with Crippen LogP contribution in [-0.4, -0.2) is 40.8 Å². The number of ether oxygens (including phenoxy) is 1. The lowest BCUT2D eigenvalue weighted by Crippen LogP contribution is -2.64. The van der Waals surface area contributed by atoms with Crippen molar-refractivity contribution in [1.29, 1.82) is 0 Å². The molecule has 106 valence electrons. The van der Waals surface area contributed by atoms with Gasteiger partial charge in [0.2, 0.25) is 0 Å². The predicted octanol–water partition coefficient (Wildman–Crippen LogP) is 2.39. The van der Waals surface area contributed by atoms with E-state index < -0.39 is 0 Å². The number of rotatable bonds is 2. The molecule has 3 nitrogen and oxygen atoms in total. The lowest BCUT2D eigenvalue weighted by atomic mass is 9.77. The predicted molar refractivity (Wildman–Crippen MR) is 75.6 cm³/mol. The highest BCUT2D eigenvalue weighted by atomic mass is 16.5. The summed E-state index contributed by atoms with van der Waals surface area (Å²) >= 11 is 0. The first-order valence-electron chi connectivity index (χ1n) is 7.30. The topological polar surface area (TPSA) is 38.5 Å². The Morgan fingerprint density at radius 2 is 1.83 bits per heavy atom. The molecule has 0 saturated carbocycles. The molecule has 0 aliphatic carbocycles. The van der Waals surface area contributed by atoms with Gasteiger partial charge in [0.25, 0.3) is 0 Å². The van der Waals surface area contributed by atoms with Crippen LogP contribution in [-0.2, 0) is 4.74 Å². The normalized spacial score (nSPS) is 43.5. The van der Waals surface area contributed by atoms with Crippen molar-refractivity contribution in [1.82, 2.24) is 4.90 Å². The number of likely N-dealkylation sites (tertiary alicyclic amines) is 1. The number of nitrogens with zero attached hydrogens (tertiary/aromatic N) is 1. The fraction of sp³-hybridized carbons (Fsp3) is 1.00. The molecule has 0 aromatic rings. The summed E-state index contributed by atoms with van der Waals surface area (Å²) in [5.74, 6) is 0.767. The summed E-state index contributed by atoms with van der Waals surface area (Å²) < 4.78 is 6.32. The van der Waals surface area contributed by atoms with Crippen LogP contribution < -0.4 is 5.73 Å². The molecule has 2 fully saturated rings. The third-order valence-corrected chi connectivity index (χ3v) is 5.04. The Kier molecular flexibility index (Phi) is 3.33. The third-order valence-electron chi connectivity index (χ3n) is 5.04.